The van der Waals surface area contributed by atoms with Gasteiger partial charge in [0.1, 0.15) is 0 Å². The molecule has 0 fully saturated rings. The summed E-state index contributed by atoms with van der Waals surface area (Å²) in [5.41, 5.74) is 4.29. The summed E-state index contributed by atoms with van der Waals surface area (Å²) in [6, 6.07) is 13.9. The third-order valence-corrected chi connectivity index (χ3v) is 5.81. The van der Waals surface area contributed by atoms with Gasteiger partial charge >= 0.3 is 0 Å². The summed E-state index contributed by atoms with van der Waals surface area (Å²) in [5.74, 6) is 1.44. The van der Waals surface area contributed by atoms with Crippen LogP contribution >= 0.6 is 11.8 Å². The lowest BCUT2D eigenvalue weighted by molar-refractivity contribution is -0.120. The lowest BCUT2D eigenvalue weighted by Crippen LogP contribution is -2.30. The van der Waals surface area contributed by atoms with Crippen LogP contribution in [0.5, 0.6) is 11.5 Å². The van der Waals surface area contributed by atoms with Gasteiger partial charge < -0.3 is 14.8 Å². The number of amides is 1. The third-order valence-electron chi connectivity index (χ3n) is 4.80. The number of nitrogens with zero attached hydrogens (tertiary/aromatic N) is 1. The number of nitrogens with one attached hydrogen (secondary N) is 1. The summed E-state index contributed by atoms with van der Waals surface area (Å²) in [5, 5.41) is 4.76. The second-order valence-corrected chi connectivity index (χ2v) is 8.28. The highest BCUT2D eigenvalue weighted by Crippen LogP contribution is 2.32. The quantitative estimate of drug-likeness (QED) is 0.651. The minimum Gasteiger partial charge on any atom is -0.454 e. The van der Waals surface area contributed by atoms with E-state index in [1.54, 1.807) is 0 Å². The molecule has 0 saturated carbocycles. The Morgan fingerprint density at radius 1 is 1.14 bits per heavy atom. The lowest BCUT2D eigenvalue weighted by atomic mass is 10.1. The number of para-hydroxylation sites is 1. The van der Waals surface area contributed by atoms with E-state index in [1.807, 2.05) is 37.3 Å². The predicted octanol–water partition coefficient (Wildman–Crippen LogP) is 4.38. The van der Waals surface area contributed by atoms with E-state index in [1.165, 1.54) is 17.3 Å². The molecule has 28 heavy (non-hydrogen) atoms. The van der Waals surface area contributed by atoms with E-state index in [-0.39, 0.29) is 18.0 Å². The summed E-state index contributed by atoms with van der Waals surface area (Å²) < 4.78 is 10.7. The van der Waals surface area contributed by atoms with Crippen LogP contribution in [0.15, 0.2) is 47.5 Å². The van der Waals surface area contributed by atoms with E-state index in [0.29, 0.717) is 6.54 Å². The Morgan fingerprint density at radius 3 is 2.82 bits per heavy atom. The fraction of sp³-hybridized carbons (Fsp3) is 0.273. The Balaban J connectivity index is 1.42. The fourth-order valence-corrected chi connectivity index (χ4v) is 4.15. The zero-order valence-corrected chi connectivity index (χ0v) is 16.9. The van der Waals surface area contributed by atoms with Crippen molar-refractivity contribution in [2.24, 2.45) is 0 Å². The van der Waals surface area contributed by atoms with Crippen LogP contribution in [0.4, 0.5) is 0 Å². The Labute approximate surface area is 168 Å². The SMILES string of the molecule is Cc1cc(SC(C)C(=O)NCc2ccc3c(c2)OCO3)nc2c(C)cccc12. The van der Waals surface area contributed by atoms with Gasteiger partial charge in [-0.15, -0.1) is 0 Å². The van der Waals surface area contributed by atoms with Crippen LogP contribution in [0.25, 0.3) is 10.9 Å². The Hall–Kier alpha value is -2.73. The molecule has 2 heterocycles. The molecule has 1 aliphatic heterocycles. The number of rotatable bonds is 5. The molecule has 3 aromatic rings. The van der Waals surface area contributed by atoms with E-state index >= 15 is 0 Å². The molecule has 0 aliphatic carbocycles. The summed E-state index contributed by atoms with van der Waals surface area (Å²) in [4.78, 5) is 17.3. The van der Waals surface area contributed by atoms with Gasteiger partial charge in [-0.3, -0.25) is 4.79 Å². The molecule has 6 heteroatoms. The number of aromatic nitrogens is 1. The molecule has 1 unspecified atom stereocenters. The van der Waals surface area contributed by atoms with E-state index in [0.717, 1.165) is 38.6 Å². The highest BCUT2D eigenvalue weighted by atomic mass is 32.2. The second-order valence-electron chi connectivity index (χ2n) is 6.91. The van der Waals surface area contributed by atoms with Crippen LogP contribution in [-0.4, -0.2) is 22.9 Å². The number of hydrogen-bond acceptors (Lipinski definition) is 5. The lowest BCUT2D eigenvalue weighted by Gasteiger charge is -2.13. The summed E-state index contributed by atoms with van der Waals surface area (Å²) in [6.07, 6.45) is 0. The molecule has 1 N–H and O–H groups in total. The molecule has 5 nitrogen and oxygen atoms in total. The molecule has 2 aromatic carbocycles. The van der Waals surface area contributed by atoms with Gasteiger partial charge in [0.05, 0.1) is 15.8 Å². The first kappa shape index (κ1) is 18.6. The normalized spacial score (nSPS) is 13.5. The largest absolute Gasteiger partial charge is 0.454 e. The van der Waals surface area contributed by atoms with Crippen LogP contribution in [0.1, 0.15) is 23.6 Å². The topological polar surface area (TPSA) is 60.5 Å². The van der Waals surface area contributed by atoms with Crippen molar-refractivity contribution >= 4 is 28.6 Å². The van der Waals surface area contributed by atoms with Crippen LogP contribution in [0.3, 0.4) is 0 Å². The highest BCUT2D eigenvalue weighted by molar-refractivity contribution is 8.00. The number of hydrogen-bond donors (Lipinski definition) is 1. The average Bonchev–Trinajstić information content (AvgIpc) is 3.15. The second kappa shape index (κ2) is 7.72. The van der Waals surface area contributed by atoms with Crippen molar-refractivity contribution in [3.8, 4) is 11.5 Å². The first-order chi connectivity index (χ1) is 13.5. The Bertz CT molecular complexity index is 1050. The molecular weight excluding hydrogens is 372 g/mol. The highest BCUT2D eigenvalue weighted by Gasteiger charge is 2.17. The molecular formula is C22H22N2O3S. The number of carbonyl (C=O) groups excluding carboxylic acids is 1. The monoisotopic (exact) mass is 394 g/mol. The number of ether oxygens (including phenoxy) is 2. The number of carbonyl (C=O) groups is 1. The van der Waals surface area contributed by atoms with Crippen LogP contribution in [-0.2, 0) is 11.3 Å². The van der Waals surface area contributed by atoms with E-state index < -0.39 is 0 Å². The molecule has 0 spiro atoms. The van der Waals surface area contributed by atoms with Gasteiger partial charge in [0.25, 0.3) is 0 Å². The molecule has 4 rings (SSSR count). The molecule has 0 bridgehead atoms. The number of aryl methyl sites for hydroxylation is 2. The predicted molar refractivity (Wildman–Crippen MR) is 111 cm³/mol. The maximum atomic E-state index is 12.6. The van der Waals surface area contributed by atoms with Gasteiger partial charge in [-0.1, -0.05) is 36.0 Å². The average molecular weight is 394 g/mol. The van der Waals surface area contributed by atoms with Crippen molar-refractivity contribution in [3.63, 3.8) is 0 Å². The molecule has 0 saturated heterocycles. The summed E-state index contributed by atoms with van der Waals surface area (Å²) in [7, 11) is 0. The number of thioether (sulfide) groups is 1. The molecule has 1 aliphatic rings. The van der Waals surface area contributed by atoms with Crippen molar-refractivity contribution in [3.05, 3.63) is 59.2 Å². The maximum Gasteiger partial charge on any atom is 0.233 e. The van der Waals surface area contributed by atoms with Crippen molar-refractivity contribution in [1.29, 1.82) is 0 Å². The van der Waals surface area contributed by atoms with Crippen molar-refractivity contribution in [2.45, 2.75) is 37.6 Å². The van der Waals surface area contributed by atoms with Crippen molar-refractivity contribution in [1.82, 2.24) is 10.3 Å². The minimum atomic E-state index is -0.248. The van der Waals surface area contributed by atoms with Gasteiger partial charge in [0.15, 0.2) is 11.5 Å². The third kappa shape index (κ3) is 3.78. The van der Waals surface area contributed by atoms with E-state index in [2.05, 4.69) is 31.3 Å². The molecule has 144 valence electrons. The van der Waals surface area contributed by atoms with Gasteiger partial charge in [-0.2, -0.15) is 0 Å². The van der Waals surface area contributed by atoms with Gasteiger partial charge in [-0.05, 0) is 55.7 Å². The van der Waals surface area contributed by atoms with Gasteiger partial charge in [0, 0.05) is 11.9 Å². The Morgan fingerprint density at radius 2 is 1.96 bits per heavy atom. The first-order valence-corrected chi connectivity index (χ1v) is 10.1. The molecule has 1 amide bonds. The van der Waals surface area contributed by atoms with E-state index in [9.17, 15) is 4.79 Å². The maximum absolute atomic E-state index is 12.6. The first-order valence-electron chi connectivity index (χ1n) is 9.21. The summed E-state index contributed by atoms with van der Waals surface area (Å²) >= 11 is 1.48. The van der Waals surface area contributed by atoms with Crippen molar-refractivity contribution in [2.75, 3.05) is 6.79 Å². The van der Waals surface area contributed by atoms with Crippen LogP contribution in [0.2, 0.25) is 0 Å². The number of fused-ring (bicyclic) bond motifs is 2. The molecule has 1 aromatic heterocycles. The zero-order chi connectivity index (χ0) is 19.7. The van der Waals surface area contributed by atoms with Crippen molar-refractivity contribution < 1.29 is 14.3 Å². The van der Waals surface area contributed by atoms with Gasteiger partial charge in [0.2, 0.25) is 12.7 Å². The smallest absolute Gasteiger partial charge is 0.233 e. The van der Waals surface area contributed by atoms with Crippen LogP contribution in [0, 0.1) is 13.8 Å². The fourth-order valence-electron chi connectivity index (χ4n) is 3.21. The zero-order valence-electron chi connectivity index (χ0n) is 16.1. The standard InChI is InChI=1S/C22H22N2O3S/c1-13-5-4-6-17-14(2)9-20(24-21(13)17)28-15(3)22(25)23-11-16-7-8-18-19(10-16)27-12-26-18/h4-10,15H,11-12H2,1-3H3,(H,23,25). The van der Waals surface area contributed by atoms with E-state index in [4.69, 9.17) is 14.5 Å². The molecule has 0 radical (unpaired) electrons. The summed E-state index contributed by atoms with van der Waals surface area (Å²) in [6.45, 7) is 6.74. The number of pyridine rings is 1. The van der Waals surface area contributed by atoms with Gasteiger partial charge in [-0.25, -0.2) is 4.98 Å². The minimum absolute atomic E-state index is 0.0213. The molecule has 1 atom stereocenters. The number of benzene rings is 2. The van der Waals surface area contributed by atoms with Crippen LogP contribution < -0.4 is 14.8 Å². The Kier molecular flexibility index (Phi) is 5.13.